The van der Waals surface area contributed by atoms with Crippen molar-refractivity contribution >= 4 is 22.8 Å². The van der Waals surface area contributed by atoms with Crippen LogP contribution >= 0.6 is 0 Å². The highest BCUT2D eigenvalue weighted by atomic mass is 16.6. The van der Waals surface area contributed by atoms with Gasteiger partial charge in [-0.05, 0) is 41.2 Å². The third-order valence-electron chi connectivity index (χ3n) is 4.68. The number of fused-ring (bicyclic) bond motifs is 1. The van der Waals surface area contributed by atoms with Crippen LogP contribution in [0.5, 0.6) is 0 Å². The lowest BCUT2D eigenvalue weighted by atomic mass is 10.0. The molecule has 4 rings (SSSR count). The average Bonchev–Trinajstić information content (AvgIpc) is 3.18. The van der Waals surface area contributed by atoms with Crippen LogP contribution in [0.3, 0.4) is 0 Å². The maximum absolute atomic E-state index is 12.8. The topological polar surface area (TPSA) is 103 Å². The van der Waals surface area contributed by atoms with E-state index in [0.29, 0.717) is 17.4 Å². The maximum Gasteiger partial charge on any atom is 0.242 e. The third kappa shape index (κ3) is 2.84. The van der Waals surface area contributed by atoms with Gasteiger partial charge in [-0.25, -0.2) is 9.61 Å². The van der Waals surface area contributed by atoms with E-state index in [2.05, 4.69) is 22.2 Å². The number of likely N-dealkylation sites (tertiary alicyclic amines) is 1. The number of benzene rings is 1. The first-order valence-corrected chi connectivity index (χ1v) is 8.45. The summed E-state index contributed by atoms with van der Waals surface area (Å²) in [6.45, 7) is 3.97. The number of amides is 1. The van der Waals surface area contributed by atoms with Gasteiger partial charge in [0, 0.05) is 13.1 Å². The number of carbonyl (C=O) groups excluding carboxylic acids is 1. The minimum atomic E-state index is 0.0750. The lowest BCUT2D eigenvalue weighted by Crippen LogP contribution is -2.40. The molecule has 1 fully saturated rings. The molecule has 2 N–H and O–H groups in total. The van der Waals surface area contributed by atoms with Gasteiger partial charge in [0.05, 0.1) is 11.0 Å². The van der Waals surface area contributed by atoms with Crippen LogP contribution in [-0.4, -0.2) is 43.8 Å². The van der Waals surface area contributed by atoms with Gasteiger partial charge in [0.1, 0.15) is 6.54 Å². The highest BCUT2D eigenvalue weighted by Gasteiger charge is 2.25. The highest BCUT2D eigenvalue weighted by Crippen LogP contribution is 2.27. The molecule has 130 valence electrons. The van der Waals surface area contributed by atoms with E-state index < -0.39 is 0 Å². The summed E-state index contributed by atoms with van der Waals surface area (Å²) in [7, 11) is 0. The van der Waals surface area contributed by atoms with Crippen molar-refractivity contribution in [3.05, 3.63) is 24.3 Å². The summed E-state index contributed by atoms with van der Waals surface area (Å²) in [5.74, 6) is 1.27. The van der Waals surface area contributed by atoms with Gasteiger partial charge < -0.3 is 15.2 Å². The van der Waals surface area contributed by atoms with Gasteiger partial charge >= 0.3 is 0 Å². The van der Waals surface area contributed by atoms with Crippen LogP contribution in [0, 0.1) is 5.92 Å². The Morgan fingerprint density at radius 1 is 1.36 bits per heavy atom. The number of anilines is 1. The van der Waals surface area contributed by atoms with Crippen molar-refractivity contribution in [1.82, 2.24) is 24.8 Å². The highest BCUT2D eigenvalue weighted by molar-refractivity contribution is 5.85. The summed E-state index contributed by atoms with van der Waals surface area (Å²) in [5, 5.41) is 7.48. The van der Waals surface area contributed by atoms with Gasteiger partial charge in [-0.3, -0.25) is 4.79 Å². The predicted octanol–water partition coefficient (Wildman–Crippen LogP) is 1.93. The largest absolute Gasteiger partial charge is 0.379 e. The zero-order chi connectivity index (χ0) is 17.4. The number of nitrogen functional groups attached to an aromatic ring is 1. The molecule has 0 spiro atoms. The Kier molecular flexibility index (Phi) is 3.87. The smallest absolute Gasteiger partial charge is 0.242 e. The Hall–Kier alpha value is -2.90. The molecule has 1 aliphatic rings. The van der Waals surface area contributed by atoms with E-state index in [1.807, 2.05) is 33.7 Å². The van der Waals surface area contributed by atoms with Crippen molar-refractivity contribution in [2.45, 2.75) is 26.3 Å². The number of rotatable bonds is 3. The Bertz CT molecular complexity index is 915. The number of carbonyl (C=O) groups is 1. The summed E-state index contributed by atoms with van der Waals surface area (Å²) in [6.07, 6.45) is 2.22. The van der Waals surface area contributed by atoms with E-state index >= 15 is 0 Å². The van der Waals surface area contributed by atoms with Gasteiger partial charge in [-0.2, -0.15) is 0 Å². The molecular formula is C17H20N6O2. The van der Waals surface area contributed by atoms with Crippen molar-refractivity contribution in [3.8, 4) is 11.5 Å². The minimum absolute atomic E-state index is 0.0750. The number of imidazole rings is 1. The fourth-order valence-electron chi connectivity index (χ4n) is 3.42. The van der Waals surface area contributed by atoms with E-state index in [-0.39, 0.29) is 18.3 Å². The first-order chi connectivity index (χ1) is 12.1. The molecule has 1 atom stereocenters. The molecule has 0 unspecified atom stereocenters. The van der Waals surface area contributed by atoms with Crippen LogP contribution in [0.2, 0.25) is 0 Å². The van der Waals surface area contributed by atoms with Crippen LogP contribution in [0.1, 0.15) is 19.8 Å². The van der Waals surface area contributed by atoms with Crippen LogP contribution in [-0.2, 0) is 11.3 Å². The quantitative estimate of drug-likeness (QED) is 0.781. The zero-order valence-electron chi connectivity index (χ0n) is 14.1. The Morgan fingerprint density at radius 3 is 2.96 bits per heavy atom. The zero-order valence-corrected chi connectivity index (χ0v) is 14.1. The number of nitrogens with two attached hydrogens (primary N) is 1. The van der Waals surface area contributed by atoms with Gasteiger partial charge in [0.15, 0.2) is 17.3 Å². The molecule has 3 heterocycles. The summed E-state index contributed by atoms with van der Waals surface area (Å²) in [5.41, 5.74) is 7.83. The van der Waals surface area contributed by atoms with Crippen molar-refractivity contribution < 1.29 is 9.42 Å². The molecule has 0 bridgehead atoms. The predicted molar refractivity (Wildman–Crippen MR) is 92.4 cm³/mol. The Labute approximate surface area is 144 Å². The maximum atomic E-state index is 12.8. The van der Waals surface area contributed by atoms with Gasteiger partial charge in [-0.15, -0.1) is 0 Å². The molecular weight excluding hydrogens is 320 g/mol. The second-order valence-corrected chi connectivity index (χ2v) is 6.60. The second-order valence-electron chi connectivity index (χ2n) is 6.60. The standard InChI is InChI=1S/C17H20N6O2/c1-11-5-4-8-22(9-11)14(24)10-23-13-7-3-2-6-12(13)19-17(23)15-16(18)21-25-20-15/h2-3,6-7,11H,4-5,8-10H2,1H3,(H2,18,21)/t11-/m1/s1. The molecule has 25 heavy (non-hydrogen) atoms. The van der Waals surface area contributed by atoms with E-state index in [0.717, 1.165) is 30.5 Å². The van der Waals surface area contributed by atoms with E-state index in [4.69, 9.17) is 10.4 Å². The molecule has 1 aliphatic heterocycles. The first kappa shape index (κ1) is 15.6. The minimum Gasteiger partial charge on any atom is -0.379 e. The molecule has 0 saturated carbocycles. The fourth-order valence-corrected chi connectivity index (χ4v) is 3.42. The molecule has 1 saturated heterocycles. The lowest BCUT2D eigenvalue weighted by molar-refractivity contribution is -0.133. The van der Waals surface area contributed by atoms with Crippen LogP contribution < -0.4 is 5.73 Å². The second kappa shape index (κ2) is 6.19. The summed E-state index contributed by atoms with van der Waals surface area (Å²) < 4.78 is 6.55. The van der Waals surface area contributed by atoms with Crippen molar-refractivity contribution in [3.63, 3.8) is 0 Å². The Balaban J connectivity index is 1.73. The number of hydrogen-bond acceptors (Lipinski definition) is 6. The molecule has 8 heteroatoms. The molecule has 0 aliphatic carbocycles. The number of piperidine rings is 1. The number of aromatic nitrogens is 4. The summed E-state index contributed by atoms with van der Waals surface area (Å²) in [4.78, 5) is 19.4. The van der Waals surface area contributed by atoms with Crippen LogP contribution in [0.25, 0.3) is 22.6 Å². The molecule has 8 nitrogen and oxygen atoms in total. The Morgan fingerprint density at radius 2 is 2.20 bits per heavy atom. The number of para-hydroxylation sites is 2. The molecule has 3 aromatic rings. The summed E-state index contributed by atoms with van der Waals surface area (Å²) in [6, 6.07) is 7.65. The monoisotopic (exact) mass is 340 g/mol. The van der Waals surface area contributed by atoms with Crippen molar-refractivity contribution in [1.29, 1.82) is 0 Å². The molecule has 2 aromatic heterocycles. The van der Waals surface area contributed by atoms with Crippen molar-refractivity contribution in [2.24, 2.45) is 5.92 Å². The first-order valence-electron chi connectivity index (χ1n) is 8.45. The molecule has 0 radical (unpaired) electrons. The van der Waals surface area contributed by atoms with Crippen molar-refractivity contribution in [2.75, 3.05) is 18.8 Å². The van der Waals surface area contributed by atoms with E-state index in [9.17, 15) is 4.79 Å². The van der Waals surface area contributed by atoms with Crippen LogP contribution in [0.4, 0.5) is 5.82 Å². The lowest BCUT2D eigenvalue weighted by Gasteiger charge is -2.31. The number of hydrogen-bond donors (Lipinski definition) is 1. The number of nitrogens with zero attached hydrogens (tertiary/aromatic N) is 5. The SMILES string of the molecule is C[C@@H]1CCCN(C(=O)Cn2c(-c3nonc3N)nc3ccccc32)C1. The van der Waals surface area contributed by atoms with Gasteiger partial charge in [-0.1, -0.05) is 19.1 Å². The molecule has 1 amide bonds. The summed E-state index contributed by atoms with van der Waals surface area (Å²) >= 11 is 0. The van der Waals surface area contributed by atoms with E-state index in [1.54, 1.807) is 0 Å². The van der Waals surface area contributed by atoms with Crippen LogP contribution in [0.15, 0.2) is 28.9 Å². The van der Waals surface area contributed by atoms with Gasteiger partial charge in [0.25, 0.3) is 0 Å². The fraction of sp³-hybridized carbons (Fsp3) is 0.412. The van der Waals surface area contributed by atoms with Gasteiger partial charge in [0.2, 0.25) is 5.91 Å². The van der Waals surface area contributed by atoms with E-state index in [1.165, 1.54) is 6.42 Å². The third-order valence-corrected chi connectivity index (χ3v) is 4.68. The normalized spacial score (nSPS) is 18.0. The molecule has 1 aromatic carbocycles. The average molecular weight is 340 g/mol.